The first-order chi connectivity index (χ1) is 15.2. The van der Waals surface area contributed by atoms with Crippen molar-refractivity contribution >= 4 is 11.9 Å². The van der Waals surface area contributed by atoms with Crippen molar-refractivity contribution in [3.8, 4) is 0 Å². The molecule has 1 fully saturated rings. The fourth-order valence-electron chi connectivity index (χ4n) is 5.02. The van der Waals surface area contributed by atoms with Gasteiger partial charge in [0, 0.05) is 30.0 Å². The Kier molecular flexibility index (Phi) is 9.71. The third-order valence-electron chi connectivity index (χ3n) is 6.83. The topological polar surface area (TPSA) is 67.9 Å². The predicted molar refractivity (Wildman–Crippen MR) is 127 cm³/mol. The van der Waals surface area contributed by atoms with Gasteiger partial charge in [-0.05, 0) is 64.9 Å². The molecule has 180 valence electrons. The smallest absolute Gasteiger partial charge is 0.305 e. The molecule has 1 aromatic rings. The molecule has 2 rings (SSSR count). The van der Waals surface area contributed by atoms with Gasteiger partial charge in [-0.1, -0.05) is 44.2 Å². The number of methoxy groups -OCH3 is 1. The highest BCUT2D eigenvalue weighted by Gasteiger charge is 2.50. The molecule has 1 heterocycles. The monoisotopic (exact) mass is 446 g/mol. The highest BCUT2D eigenvalue weighted by atomic mass is 16.7. The first-order valence-corrected chi connectivity index (χ1v) is 12.1. The summed E-state index contributed by atoms with van der Waals surface area (Å²) in [4.78, 5) is 30.5. The van der Waals surface area contributed by atoms with Gasteiger partial charge in [-0.15, -0.1) is 0 Å². The number of carbonyl (C=O) groups is 2. The molecule has 6 nitrogen and oxygen atoms in total. The minimum absolute atomic E-state index is 0.0473. The highest BCUT2D eigenvalue weighted by Crippen LogP contribution is 2.44. The number of ether oxygens (including phenoxy) is 1. The second-order valence-electron chi connectivity index (χ2n) is 9.65. The van der Waals surface area contributed by atoms with Crippen LogP contribution in [-0.2, 0) is 19.2 Å². The van der Waals surface area contributed by atoms with Gasteiger partial charge in [-0.3, -0.25) is 14.4 Å². The van der Waals surface area contributed by atoms with E-state index >= 15 is 0 Å². The zero-order valence-electron chi connectivity index (χ0n) is 20.8. The Morgan fingerprint density at radius 2 is 1.72 bits per heavy atom. The van der Waals surface area contributed by atoms with Crippen LogP contribution in [0, 0.1) is 0 Å². The largest absolute Gasteiger partial charge is 0.469 e. The lowest BCUT2D eigenvalue weighted by atomic mass is 9.74. The SMILES string of the molecule is CCC1(CC)CC(NC(=O)CCCCC(=O)OC)CC(C)(C)N1OC(C)c1ccccc1. The van der Waals surface area contributed by atoms with Crippen molar-refractivity contribution in [2.45, 2.75) is 109 Å². The van der Waals surface area contributed by atoms with Gasteiger partial charge < -0.3 is 10.1 Å². The number of nitrogens with zero attached hydrogens (tertiary/aromatic N) is 1. The van der Waals surface area contributed by atoms with E-state index in [4.69, 9.17) is 4.84 Å². The third kappa shape index (κ3) is 6.79. The number of amides is 1. The molecule has 0 aliphatic carbocycles. The number of rotatable bonds is 11. The van der Waals surface area contributed by atoms with E-state index in [1.807, 2.05) is 18.2 Å². The van der Waals surface area contributed by atoms with Crippen LogP contribution in [-0.4, -0.2) is 41.2 Å². The van der Waals surface area contributed by atoms with Crippen LogP contribution in [0.2, 0.25) is 0 Å². The second kappa shape index (κ2) is 11.8. The van der Waals surface area contributed by atoms with Gasteiger partial charge in [-0.2, -0.15) is 5.06 Å². The molecule has 0 bridgehead atoms. The number of piperidine rings is 1. The van der Waals surface area contributed by atoms with Crippen LogP contribution in [0.4, 0.5) is 0 Å². The summed E-state index contributed by atoms with van der Waals surface area (Å²) in [5, 5.41) is 5.50. The molecule has 0 aromatic heterocycles. The first kappa shape index (κ1) is 26.3. The van der Waals surface area contributed by atoms with Gasteiger partial charge in [-0.25, -0.2) is 0 Å². The maximum Gasteiger partial charge on any atom is 0.305 e. The number of unbranched alkanes of at least 4 members (excludes halogenated alkanes) is 1. The van der Waals surface area contributed by atoms with E-state index in [1.54, 1.807) is 0 Å². The average Bonchev–Trinajstić information content (AvgIpc) is 2.78. The summed E-state index contributed by atoms with van der Waals surface area (Å²) < 4.78 is 4.66. The van der Waals surface area contributed by atoms with Gasteiger partial charge in [0.15, 0.2) is 0 Å². The summed E-state index contributed by atoms with van der Waals surface area (Å²) in [6, 6.07) is 10.4. The van der Waals surface area contributed by atoms with E-state index < -0.39 is 0 Å². The molecule has 0 radical (unpaired) electrons. The summed E-state index contributed by atoms with van der Waals surface area (Å²) in [6.07, 6.45) is 5.68. The number of hydroxylamine groups is 2. The summed E-state index contributed by atoms with van der Waals surface area (Å²) >= 11 is 0. The van der Waals surface area contributed by atoms with E-state index in [-0.39, 0.29) is 35.1 Å². The molecule has 1 saturated heterocycles. The van der Waals surface area contributed by atoms with Gasteiger partial charge in [0.25, 0.3) is 0 Å². The van der Waals surface area contributed by atoms with E-state index in [2.05, 4.69) is 61.9 Å². The van der Waals surface area contributed by atoms with Crippen molar-refractivity contribution < 1.29 is 19.2 Å². The normalized spacial score (nSPS) is 21.0. The van der Waals surface area contributed by atoms with Crippen LogP contribution in [0.25, 0.3) is 0 Å². The number of hydrogen-bond acceptors (Lipinski definition) is 5. The maximum absolute atomic E-state index is 12.6. The number of nitrogens with one attached hydrogen (secondary N) is 1. The fraction of sp³-hybridized carbons (Fsp3) is 0.692. The van der Waals surface area contributed by atoms with E-state index in [9.17, 15) is 9.59 Å². The van der Waals surface area contributed by atoms with Crippen molar-refractivity contribution in [1.82, 2.24) is 10.4 Å². The average molecular weight is 447 g/mol. The predicted octanol–water partition coefficient (Wildman–Crippen LogP) is 5.33. The lowest BCUT2D eigenvalue weighted by Gasteiger charge is -2.57. The zero-order valence-corrected chi connectivity index (χ0v) is 20.8. The lowest BCUT2D eigenvalue weighted by Crippen LogP contribution is -2.66. The fourth-order valence-corrected chi connectivity index (χ4v) is 5.02. The van der Waals surface area contributed by atoms with Crippen molar-refractivity contribution in [2.75, 3.05) is 7.11 Å². The Hall–Kier alpha value is -1.92. The number of hydrogen-bond donors (Lipinski definition) is 1. The molecule has 6 heteroatoms. The third-order valence-corrected chi connectivity index (χ3v) is 6.83. The van der Waals surface area contributed by atoms with Crippen LogP contribution >= 0.6 is 0 Å². The van der Waals surface area contributed by atoms with Crippen LogP contribution in [0.15, 0.2) is 30.3 Å². The second-order valence-corrected chi connectivity index (χ2v) is 9.65. The number of carbonyl (C=O) groups excluding carboxylic acids is 2. The standard InChI is InChI=1S/C26H42N2O4/c1-7-26(8-2)19-22(27-23(29)16-12-13-17-24(30)31-6)18-25(4,5)28(26)32-20(3)21-14-10-9-11-15-21/h9-11,14-15,20,22H,7-8,12-13,16-19H2,1-6H3,(H,27,29). The van der Waals surface area contributed by atoms with E-state index in [0.29, 0.717) is 25.7 Å². The Bertz CT molecular complexity index is 731. The summed E-state index contributed by atoms with van der Waals surface area (Å²) in [5.41, 5.74) is 0.788. The molecule has 1 amide bonds. The summed E-state index contributed by atoms with van der Waals surface area (Å²) in [7, 11) is 1.39. The lowest BCUT2D eigenvalue weighted by molar-refractivity contribution is -0.316. The van der Waals surface area contributed by atoms with E-state index in [0.717, 1.165) is 31.2 Å². The molecule has 1 N–H and O–H groups in total. The Morgan fingerprint density at radius 3 is 2.31 bits per heavy atom. The Balaban J connectivity index is 2.04. The van der Waals surface area contributed by atoms with Crippen molar-refractivity contribution in [2.24, 2.45) is 0 Å². The minimum atomic E-state index is -0.226. The maximum atomic E-state index is 12.6. The van der Waals surface area contributed by atoms with Crippen molar-refractivity contribution in [3.05, 3.63) is 35.9 Å². The molecule has 2 unspecified atom stereocenters. The van der Waals surface area contributed by atoms with Crippen molar-refractivity contribution in [3.63, 3.8) is 0 Å². The molecule has 0 spiro atoms. The van der Waals surface area contributed by atoms with Crippen molar-refractivity contribution in [1.29, 1.82) is 0 Å². The minimum Gasteiger partial charge on any atom is -0.469 e. The van der Waals surface area contributed by atoms with E-state index in [1.165, 1.54) is 7.11 Å². The van der Waals surface area contributed by atoms with Crippen LogP contribution in [0.5, 0.6) is 0 Å². The summed E-state index contributed by atoms with van der Waals surface area (Å²) in [6.45, 7) is 10.9. The first-order valence-electron chi connectivity index (χ1n) is 12.1. The molecular weight excluding hydrogens is 404 g/mol. The van der Waals surface area contributed by atoms with Gasteiger partial charge in [0.05, 0.1) is 7.11 Å². The highest BCUT2D eigenvalue weighted by molar-refractivity contribution is 5.76. The van der Waals surface area contributed by atoms with Gasteiger partial charge >= 0.3 is 5.97 Å². The molecule has 32 heavy (non-hydrogen) atoms. The van der Waals surface area contributed by atoms with Gasteiger partial charge in [0.1, 0.15) is 6.10 Å². The molecule has 2 atom stereocenters. The van der Waals surface area contributed by atoms with Crippen LogP contribution < -0.4 is 5.32 Å². The molecule has 1 aliphatic rings. The van der Waals surface area contributed by atoms with Crippen LogP contribution in [0.3, 0.4) is 0 Å². The molecule has 1 aromatic carbocycles. The molecule has 1 aliphatic heterocycles. The summed E-state index contributed by atoms with van der Waals surface area (Å²) in [5.74, 6) is -0.163. The number of benzene rings is 1. The quantitative estimate of drug-likeness (QED) is 0.367. The zero-order chi connectivity index (χ0) is 23.8. The molecule has 0 saturated carbocycles. The van der Waals surface area contributed by atoms with Gasteiger partial charge in [0.2, 0.25) is 5.91 Å². The Morgan fingerprint density at radius 1 is 1.09 bits per heavy atom. The Labute approximate surface area is 194 Å². The van der Waals surface area contributed by atoms with Crippen LogP contribution in [0.1, 0.15) is 97.7 Å². The molecular formula is C26H42N2O4. The number of esters is 1.